The minimum absolute atomic E-state index is 0.127. The van der Waals surface area contributed by atoms with Gasteiger partial charge in [0, 0.05) is 15.6 Å². The van der Waals surface area contributed by atoms with Crippen LogP contribution in [0.1, 0.15) is 32.6 Å². The van der Waals surface area contributed by atoms with Crippen LogP contribution in [0.4, 0.5) is 0 Å². The molecule has 31 heavy (non-hydrogen) atoms. The number of carbonyl (C=O) groups excluding carboxylic acids is 2. The number of aryl methyl sites for hydroxylation is 2. The van der Waals surface area contributed by atoms with Gasteiger partial charge in [-0.05, 0) is 62.4 Å². The van der Waals surface area contributed by atoms with Gasteiger partial charge in [0.2, 0.25) is 5.90 Å². The summed E-state index contributed by atoms with van der Waals surface area (Å²) in [4.78, 5) is 29.3. The Balaban J connectivity index is 1.65. The first kappa shape index (κ1) is 20.8. The number of cyclic esters (lactones) is 1. The maximum absolute atomic E-state index is 12.6. The minimum atomic E-state index is -0.563. The first-order valence-electron chi connectivity index (χ1n) is 9.57. The van der Waals surface area contributed by atoms with E-state index in [-0.39, 0.29) is 11.6 Å². The fraction of sp³-hybridized carbons (Fsp3) is 0.0800. The highest BCUT2D eigenvalue weighted by Crippen LogP contribution is 2.28. The lowest BCUT2D eigenvalue weighted by Crippen LogP contribution is -2.09. The lowest BCUT2D eigenvalue weighted by atomic mass is 10.1. The summed E-state index contributed by atoms with van der Waals surface area (Å²) in [5, 5.41) is 0. The number of ether oxygens (including phenoxy) is 2. The van der Waals surface area contributed by atoms with Crippen LogP contribution in [-0.4, -0.2) is 17.8 Å². The van der Waals surface area contributed by atoms with Crippen LogP contribution in [0, 0.1) is 13.8 Å². The average Bonchev–Trinajstić information content (AvgIpc) is 3.11. The van der Waals surface area contributed by atoms with Gasteiger partial charge in [0.1, 0.15) is 5.75 Å². The van der Waals surface area contributed by atoms with Gasteiger partial charge in [-0.3, -0.25) is 0 Å². The molecule has 6 heteroatoms. The molecule has 0 unspecified atom stereocenters. The highest BCUT2D eigenvalue weighted by atomic mass is 79.9. The molecule has 0 saturated carbocycles. The number of esters is 2. The van der Waals surface area contributed by atoms with Gasteiger partial charge in [-0.1, -0.05) is 51.3 Å². The molecule has 1 aliphatic heterocycles. The molecule has 1 heterocycles. The van der Waals surface area contributed by atoms with Crippen molar-refractivity contribution in [3.05, 3.63) is 105 Å². The largest absolute Gasteiger partial charge is 0.422 e. The fourth-order valence-corrected chi connectivity index (χ4v) is 3.41. The zero-order valence-corrected chi connectivity index (χ0v) is 18.5. The van der Waals surface area contributed by atoms with Gasteiger partial charge in [-0.25, -0.2) is 14.6 Å². The Morgan fingerprint density at radius 3 is 2.52 bits per heavy atom. The van der Waals surface area contributed by atoms with E-state index in [0.717, 1.165) is 21.2 Å². The van der Waals surface area contributed by atoms with Crippen molar-refractivity contribution in [1.82, 2.24) is 0 Å². The number of benzene rings is 3. The summed E-state index contributed by atoms with van der Waals surface area (Å²) in [6.45, 7) is 3.90. The molecule has 3 aromatic carbocycles. The number of hydrogen-bond acceptors (Lipinski definition) is 5. The van der Waals surface area contributed by atoms with Crippen molar-refractivity contribution in [3.8, 4) is 5.75 Å². The van der Waals surface area contributed by atoms with Crippen LogP contribution in [0.3, 0.4) is 0 Å². The van der Waals surface area contributed by atoms with Crippen molar-refractivity contribution < 1.29 is 19.1 Å². The van der Waals surface area contributed by atoms with E-state index < -0.39 is 11.9 Å². The van der Waals surface area contributed by atoms with Crippen LogP contribution in [0.5, 0.6) is 5.75 Å². The zero-order chi connectivity index (χ0) is 22.0. The second kappa shape index (κ2) is 8.70. The van der Waals surface area contributed by atoms with Gasteiger partial charge in [0.05, 0.1) is 5.56 Å². The van der Waals surface area contributed by atoms with Crippen LogP contribution in [-0.2, 0) is 9.53 Å². The number of halogens is 1. The smallest absolute Gasteiger partial charge is 0.363 e. The first-order chi connectivity index (χ1) is 14.9. The molecule has 0 fully saturated rings. The van der Waals surface area contributed by atoms with E-state index in [4.69, 9.17) is 9.47 Å². The number of rotatable bonds is 4. The van der Waals surface area contributed by atoms with E-state index in [1.165, 1.54) is 0 Å². The topological polar surface area (TPSA) is 65.0 Å². The van der Waals surface area contributed by atoms with Crippen molar-refractivity contribution in [1.29, 1.82) is 0 Å². The molecule has 4 rings (SSSR count). The molecular formula is C25H18BrNO4. The summed E-state index contributed by atoms with van der Waals surface area (Å²) >= 11 is 3.41. The second-order valence-corrected chi connectivity index (χ2v) is 8.06. The molecule has 0 saturated heterocycles. The number of hydrogen-bond donors (Lipinski definition) is 0. The van der Waals surface area contributed by atoms with Gasteiger partial charge in [-0.15, -0.1) is 0 Å². The lowest BCUT2D eigenvalue weighted by Gasteiger charge is -2.08. The lowest BCUT2D eigenvalue weighted by molar-refractivity contribution is -0.129. The first-order valence-corrected chi connectivity index (χ1v) is 10.4. The Morgan fingerprint density at radius 2 is 1.77 bits per heavy atom. The molecule has 0 N–H and O–H groups in total. The third-order valence-electron chi connectivity index (χ3n) is 4.64. The zero-order valence-electron chi connectivity index (χ0n) is 16.9. The number of aliphatic imine (C=N–C) groups is 1. The van der Waals surface area contributed by atoms with E-state index in [1.807, 2.05) is 50.2 Å². The van der Waals surface area contributed by atoms with Crippen LogP contribution in [0.2, 0.25) is 0 Å². The highest BCUT2D eigenvalue weighted by molar-refractivity contribution is 9.10. The molecule has 154 valence electrons. The predicted molar refractivity (Wildman–Crippen MR) is 122 cm³/mol. The average molecular weight is 476 g/mol. The van der Waals surface area contributed by atoms with Gasteiger partial charge in [0.15, 0.2) is 5.70 Å². The monoisotopic (exact) mass is 475 g/mol. The Kier molecular flexibility index (Phi) is 5.82. The van der Waals surface area contributed by atoms with Crippen molar-refractivity contribution in [2.75, 3.05) is 0 Å². The normalized spacial score (nSPS) is 14.4. The van der Waals surface area contributed by atoms with Gasteiger partial charge in [-0.2, -0.15) is 0 Å². The van der Waals surface area contributed by atoms with Crippen LogP contribution < -0.4 is 4.74 Å². The Labute approximate surface area is 188 Å². The van der Waals surface area contributed by atoms with E-state index in [0.29, 0.717) is 16.9 Å². The number of carbonyl (C=O) groups is 2. The van der Waals surface area contributed by atoms with Gasteiger partial charge < -0.3 is 9.47 Å². The van der Waals surface area contributed by atoms with E-state index in [2.05, 4.69) is 20.9 Å². The van der Waals surface area contributed by atoms with Crippen LogP contribution >= 0.6 is 15.9 Å². The quantitative estimate of drug-likeness (QED) is 0.278. The minimum Gasteiger partial charge on any atom is -0.422 e. The van der Waals surface area contributed by atoms with Crippen molar-refractivity contribution in [2.24, 2.45) is 4.99 Å². The second-order valence-electron chi connectivity index (χ2n) is 7.14. The van der Waals surface area contributed by atoms with Crippen molar-refractivity contribution in [3.63, 3.8) is 0 Å². The predicted octanol–water partition coefficient (Wildman–Crippen LogP) is 5.63. The van der Waals surface area contributed by atoms with E-state index in [9.17, 15) is 9.59 Å². The van der Waals surface area contributed by atoms with Crippen LogP contribution in [0.15, 0.2) is 81.9 Å². The van der Waals surface area contributed by atoms with Gasteiger partial charge in [0.25, 0.3) is 0 Å². The summed E-state index contributed by atoms with van der Waals surface area (Å²) in [6, 6.07) is 19.8. The van der Waals surface area contributed by atoms with E-state index >= 15 is 0 Å². The van der Waals surface area contributed by atoms with Crippen molar-refractivity contribution >= 4 is 39.8 Å². The molecule has 0 spiro atoms. The maximum atomic E-state index is 12.6. The highest BCUT2D eigenvalue weighted by Gasteiger charge is 2.25. The molecule has 5 nitrogen and oxygen atoms in total. The standard InChI is InChI=1S/C25H18BrNO4/c1-15-6-8-17(9-7-15)24(28)30-22-11-10-20(26)13-19(22)14-21-25(29)31-23(27-21)18-5-3-4-16(2)12-18/h3-14H,1-2H3/b21-14+. The molecule has 3 aromatic rings. The number of nitrogens with zero attached hydrogens (tertiary/aromatic N) is 1. The SMILES string of the molecule is Cc1ccc(C(=O)Oc2ccc(Br)cc2/C=C2/N=C(c3cccc(C)c3)OC2=O)cc1. The molecular weight excluding hydrogens is 458 g/mol. The maximum Gasteiger partial charge on any atom is 0.363 e. The van der Waals surface area contributed by atoms with Crippen LogP contribution in [0.25, 0.3) is 6.08 Å². The fourth-order valence-electron chi connectivity index (χ4n) is 3.03. The third-order valence-corrected chi connectivity index (χ3v) is 5.13. The summed E-state index contributed by atoms with van der Waals surface area (Å²) in [7, 11) is 0. The van der Waals surface area contributed by atoms with Crippen molar-refractivity contribution in [2.45, 2.75) is 13.8 Å². The molecule has 1 aliphatic rings. The summed E-state index contributed by atoms with van der Waals surface area (Å²) < 4.78 is 11.7. The third kappa shape index (κ3) is 4.81. The summed E-state index contributed by atoms with van der Waals surface area (Å²) in [6.07, 6.45) is 1.55. The van der Waals surface area contributed by atoms with E-state index in [1.54, 1.807) is 36.4 Å². The molecule has 0 aliphatic carbocycles. The molecule has 0 radical (unpaired) electrons. The Bertz CT molecular complexity index is 1240. The summed E-state index contributed by atoms with van der Waals surface area (Å²) in [5.41, 5.74) is 3.89. The Hall–Kier alpha value is -3.51. The molecule has 0 atom stereocenters. The molecule has 0 amide bonds. The molecule has 0 bridgehead atoms. The summed E-state index contributed by atoms with van der Waals surface area (Å²) in [5.74, 6) is -0.492. The molecule has 0 aromatic heterocycles. The van der Waals surface area contributed by atoms with Gasteiger partial charge >= 0.3 is 11.9 Å². The Morgan fingerprint density at radius 1 is 1.00 bits per heavy atom.